The number of allylic oxidation sites excluding steroid dienone is 4. The van der Waals surface area contributed by atoms with Gasteiger partial charge in [0.1, 0.15) is 17.5 Å². The molecule has 12 heteroatoms. The van der Waals surface area contributed by atoms with E-state index in [9.17, 15) is 33.5 Å². The zero-order valence-electron chi connectivity index (χ0n) is 23.0. The van der Waals surface area contributed by atoms with E-state index in [1.807, 2.05) is 12.2 Å². The van der Waals surface area contributed by atoms with E-state index >= 15 is 0 Å². The molecule has 0 bridgehead atoms. The number of aromatic nitrogens is 1. The van der Waals surface area contributed by atoms with Crippen molar-refractivity contribution in [1.82, 2.24) is 20.5 Å². The van der Waals surface area contributed by atoms with Crippen molar-refractivity contribution in [2.75, 3.05) is 13.1 Å². The van der Waals surface area contributed by atoms with E-state index in [0.717, 1.165) is 0 Å². The van der Waals surface area contributed by atoms with Crippen LogP contribution < -0.4 is 15.4 Å². The second-order valence-electron chi connectivity index (χ2n) is 11.2. The van der Waals surface area contributed by atoms with Crippen LogP contribution in [0.1, 0.15) is 36.7 Å². The van der Waals surface area contributed by atoms with E-state index in [1.54, 1.807) is 12.1 Å². The summed E-state index contributed by atoms with van der Waals surface area (Å²) in [6.45, 7) is -0.228. The largest absolute Gasteiger partial charge is 0.434 e. The zero-order valence-corrected chi connectivity index (χ0v) is 23.0. The molecule has 1 aliphatic carbocycles. The van der Waals surface area contributed by atoms with Crippen LogP contribution in [0.3, 0.4) is 0 Å². The molecule has 1 aromatic heterocycles. The summed E-state index contributed by atoms with van der Waals surface area (Å²) in [5, 5.41) is 25.6. The van der Waals surface area contributed by atoms with Crippen molar-refractivity contribution in [3.63, 3.8) is 0 Å². The average Bonchev–Trinajstić information content (AvgIpc) is 3.71. The highest BCUT2D eigenvalue weighted by molar-refractivity contribution is 6.01. The topological polar surface area (TPSA) is 148 Å². The van der Waals surface area contributed by atoms with Gasteiger partial charge >= 0.3 is 6.61 Å². The van der Waals surface area contributed by atoms with Crippen molar-refractivity contribution in [3.05, 3.63) is 54.3 Å². The fourth-order valence-corrected chi connectivity index (χ4v) is 6.35. The Labute approximate surface area is 241 Å². The number of halogens is 2. The van der Waals surface area contributed by atoms with Gasteiger partial charge in [0.25, 0.3) is 5.91 Å². The SMILES string of the molecule is CC1C=CC=CC1[C@@H]1C[C@@H](C(=O)N[C@@H](C[C@@H]2CCNC2=O)C(O)C#N)N(C(=O)c2cc3c(OC(F)F)cccc3[nH]2)C1. The second kappa shape index (κ2) is 12.3. The summed E-state index contributed by atoms with van der Waals surface area (Å²) in [4.78, 5) is 44.3. The number of fused-ring (bicyclic) bond motifs is 1. The van der Waals surface area contributed by atoms with Gasteiger partial charge in [0.05, 0.1) is 12.1 Å². The molecule has 0 radical (unpaired) electrons. The predicted octanol–water partition coefficient (Wildman–Crippen LogP) is 2.87. The molecular formula is C30H33F2N5O5. The number of alkyl halides is 2. The maximum Gasteiger partial charge on any atom is 0.387 e. The zero-order chi connectivity index (χ0) is 30.0. The van der Waals surface area contributed by atoms with Gasteiger partial charge < -0.3 is 30.4 Å². The first-order valence-corrected chi connectivity index (χ1v) is 14.0. The number of nitrogens with zero attached hydrogens (tertiary/aromatic N) is 2. The Kier molecular flexibility index (Phi) is 8.59. The monoisotopic (exact) mass is 581 g/mol. The molecule has 2 saturated heterocycles. The molecule has 4 N–H and O–H groups in total. The Morgan fingerprint density at radius 3 is 2.76 bits per heavy atom. The van der Waals surface area contributed by atoms with Gasteiger partial charge in [-0.15, -0.1) is 0 Å². The molecule has 7 atom stereocenters. The number of aliphatic hydroxyl groups excluding tert-OH is 1. The number of nitriles is 1. The van der Waals surface area contributed by atoms with Gasteiger partial charge in [0.15, 0.2) is 6.10 Å². The smallest absolute Gasteiger partial charge is 0.387 e. The maximum absolute atomic E-state index is 13.9. The van der Waals surface area contributed by atoms with Crippen LogP contribution in [0.2, 0.25) is 0 Å². The third-order valence-electron chi connectivity index (χ3n) is 8.52. The Morgan fingerprint density at radius 2 is 2.07 bits per heavy atom. The Bertz CT molecular complexity index is 1450. The van der Waals surface area contributed by atoms with Gasteiger partial charge in [-0.05, 0) is 55.2 Å². The minimum atomic E-state index is -3.04. The van der Waals surface area contributed by atoms with Crippen molar-refractivity contribution < 1.29 is 33.0 Å². The third-order valence-corrected chi connectivity index (χ3v) is 8.52. The molecule has 3 heterocycles. The second-order valence-corrected chi connectivity index (χ2v) is 11.2. The summed E-state index contributed by atoms with van der Waals surface area (Å²) >= 11 is 0. The van der Waals surface area contributed by atoms with Crippen LogP contribution in [-0.2, 0) is 9.59 Å². The van der Waals surface area contributed by atoms with E-state index in [0.29, 0.717) is 30.3 Å². The van der Waals surface area contributed by atoms with Crippen molar-refractivity contribution in [1.29, 1.82) is 5.26 Å². The number of ether oxygens (including phenoxy) is 1. The summed E-state index contributed by atoms with van der Waals surface area (Å²) in [5.74, 6) is -1.58. The molecule has 0 spiro atoms. The number of aliphatic hydroxyl groups is 1. The first kappa shape index (κ1) is 29.3. The molecule has 5 rings (SSSR count). The number of H-pyrrole nitrogens is 1. The molecule has 1 aromatic carbocycles. The van der Waals surface area contributed by atoms with Gasteiger partial charge in [-0.1, -0.05) is 37.3 Å². The predicted molar refractivity (Wildman–Crippen MR) is 148 cm³/mol. The number of amides is 3. The van der Waals surface area contributed by atoms with Crippen LogP contribution in [0.5, 0.6) is 5.75 Å². The fourth-order valence-electron chi connectivity index (χ4n) is 6.35. The molecule has 0 saturated carbocycles. The van der Waals surface area contributed by atoms with Gasteiger partial charge in [-0.2, -0.15) is 14.0 Å². The lowest BCUT2D eigenvalue weighted by atomic mass is 9.79. The molecule has 42 heavy (non-hydrogen) atoms. The maximum atomic E-state index is 13.9. The summed E-state index contributed by atoms with van der Waals surface area (Å²) in [5.41, 5.74) is 0.534. The summed E-state index contributed by atoms with van der Waals surface area (Å²) in [7, 11) is 0. The first-order valence-electron chi connectivity index (χ1n) is 14.0. The van der Waals surface area contributed by atoms with E-state index in [4.69, 9.17) is 0 Å². The van der Waals surface area contributed by atoms with Crippen LogP contribution >= 0.6 is 0 Å². The Balaban J connectivity index is 1.42. The van der Waals surface area contributed by atoms with E-state index in [2.05, 4.69) is 39.4 Å². The lowest BCUT2D eigenvalue weighted by Gasteiger charge is -2.27. The van der Waals surface area contributed by atoms with Crippen molar-refractivity contribution in [2.24, 2.45) is 23.7 Å². The number of likely N-dealkylation sites (tertiary alicyclic amines) is 1. The van der Waals surface area contributed by atoms with Crippen LogP contribution in [0, 0.1) is 35.0 Å². The van der Waals surface area contributed by atoms with Gasteiger partial charge in [0, 0.05) is 29.9 Å². The highest BCUT2D eigenvalue weighted by atomic mass is 19.3. The normalized spacial score (nSPS) is 26.7. The average molecular weight is 582 g/mol. The molecule has 2 fully saturated rings. The van der Waals surface area contributed by atoms with E-state index in [-0.39, 0.29) is 48.1 Å². The number of aromatic amines is 1. The fraction of sp³-hybridized carbons (Fsp3) is 0.467. The highest BCUT2D eigenvalue weighted by Gasteiger charge is 2.44. The standard InChI is InChI=1S/C30H33F2N5O5/c1-16-5-2-3-6-19(16)18-12-24(28(40)36-22(25(38)14-33)11-17-9-10-34-27(17)39)37(15-18)29(41)23-13-20-21(35-23)7-4-8-26(20)42-30(31)32/h2-8,13,16-19,22,24-25,30,35,38H,9-12,15H2,1H3,(H,34,39)(H,36,40)/t16?,17-,18+,19?,22-,24-,25?/m0/s1. The van der Waals surface area contributed by atoms with Crippen LogP contribution in [0.15, 0.2) is 48.6 Å². The number of carbonyl (C=O) groups is 3. The molecule has 3 amide bonds. The first-order chi connectivity index (χ1) is 20.2. The van der Waals surface area contributed by atoms with Gasteiger partial charge in [-0.25, -0.2) is 0 Å². The summed E-state index contributed by atoms with van der Waals surface area (Å²) < 4.78 is 30.5. The number of carbonyl (C=O) groups excluding carboxylic acids is 3. The Morgan fingerprint density at radius 1 is 1.29 bits per heavy atom. The summed E-state index contributed by atoms with van der Waals surface area (Å²) in [6, 6.07) is 5.80. The molecular weight excluding hydrogens is 548 g/mol. The minimum Gasteiger partial charge on any atom is -0.434 e. The molecule has 2 aromatic rings. The van der Waals surface area contributed by atoms with Gasteiger partial charge in [-0.3, -0.25) is 14.4 Å². The van der Waals surface area contributed by atoms with Crippen molar-refractivity contribution in [3.8, 4) is 11.8 Å². The van der Waals surface area contributed by atoms with Crippen LogP contribution in [-0.4, -0.2) is 70.6 Å². The number of nitrogens with one attached hydrogen (secondary N) is 3. The molecule has 222 valence electrons. The summed E-state index contributed by atoms with van der Waals surface area (Å²) in [6.07, 6.45) is 7.43. The number of benzene rings is 1. The molecule has 2 aliphatic heterocycles. The lowest BCUT2D eigenvalue weighted by molar-refractivity contribution is -0.127. The highest BCUT2D eigenvalue weighted by Crippen LogP contribution is 2.37. The van der Waals surface area contributed by atoms with Gasteiger partial charge in [0.2, 0.25) is 11.8 Å². The van der Waals surface area contributed by atoms with E-state index < -0.39 is 42.5 Å². The quantitative estimate of drug-likeness (QED) is 0.335. The van der Waals surface area contributed by atoms with Crippen LogP contribution in [0.4, 0.5) is 8.78 Å². The third kappa shape index (κ3) is 6.01. The number of rotatable bonds is 9. The molecule has 3 aliphatic rings. The minimum absolute atomic E-state index is 0.0667. The van der Waals surface area contributed by atoms with Crippen molar-refractivity contribution in [2.45, 2.75) is 51.0 Å². The number of hydrogen-bond acceptors (Lipinski definition) is 6. The number of hydrogen-bond donors (Lipinski definition) is 4. The Hall–Kier alpha value is -4.24. The molecule has 10 nitrogen and oxygen atoms in total. The van der Waals surface area contributed by atoms with E-state index in [1.165, 1.54) is 23.1 Å². The molecule has 3 unspecified atom stereocenters. The lowest BCUT2D eigenvalue weighted by Crippen LogP contribution is -2.52. The van der Waals surface area contributed by atoms with Crippen LogP contribution in [0.25, 0.3) is 10.9 Å². The van der Waals surface area contributed by atoms with Crippen molar-refractivity contribution >= 4 is 28.6 Å².